The van der Waals surface area contributed by atoms with Crippen molar-refractivity contribution >= 4 is 11.9 Å². The standard InChI is InChI=1S/C11H13F2N3O3/c1-2-3-16(6-9(12)13)10(17)7-4-15-8(5-14-7)11(18)19/h4-5,9H,2-3,6H2,1H3,(H,18,19). The number of carboxylic acids is 1. The molecule has 0 fully saturated rings. The van der Waals surface area contributed by atoms with E-state index in [4.69, 9.17) is 5.11 Å². The summed E-state index contributed by atoms with van der Waals surface area (Å²) in [4.78, 5) is 30.6. The first kappa shape index (κ1) is 14.9. The SMILES string of the molecule is CCCN(CC(F)F)C(=O)c1cnc(C(=O)O)cn1. The van der Waals surface area contributed by atoms with Gasteiger partial charge in [0.15, 0.2) is 5.69 Å². The Kier molecular flexibility index (Phi) is 5.28. The molecule has 0 radical (unpaired) electrons. The Labute approximate surface area is 108 Å². The molecule has 1 aromatic rings. The fourth-order valence-electron chi connectivity index (χ4n) is 1.42. The number of carbonyl (C=O) groups excluding carboxylic acids is 1. The number of hydrogen-bond acceptors (Lipinski definition) is 4. The second-order valence-corrected chi connectivity index (χ2v) is 3.73. The van der Waals surface area contributed by atoms with Crippen molar-refractivity contribution in [3.8, 4) is 0 Å². The number of alkyl halides is 2. The summed E-state index contributed by atoms with van der Waals surface area (Å²) in [5.74, 6) is -1.96. The lowest BCUT2D eigenvalue weighted by atomic mass is 10.3. The van der Waals surface area contributed by atoms with Crippen LogP contribution < -0.4 is 0 Å². The van der Waals surface area contributed by atoms with Crippen LogP contribution in [0, 0.1) is 0 Å². The Morgan fingerprint density at radius 2 is 1.89 bits per heavy atom. The third kappa shape index (κ3) is 4.23. The number of nitrogens with zero attached hydrogens (tertiary/aromatic N) is 3. The highest BCUT2D eigenvalue weighted by atomic mass is 19.3. The molecule has 8 heteroatoms. The van der Waals surface area contributed by atoms with Crippen molar-refractivity contribution in [1.29, 1.82) is 0 Å². The number of aromatic carboxylic acids is 1. The minimum Gasteiger partial charge on any atom is -0.476 e. The van der Waals surface area contributed by atoms with E-state index in [1.54, 1.807) is 6.92 Å². The highest BCUT2D eigenvalue weighted by Crippen LogP contribution is 2.06. The molecular formula is C11H13F2N3O3. The molecule has 0 saturated heterocycles. The molecule has 1 aromatic heterocycles. The molecule has 104 valence electrons. The van der Waals surface area contributed by atoms with E-state index in [0.29, 0.717) is 6.42 Å². The minimum atomic E-state index is -2.64. The van der Waals surface area contributed by atoms with E-state index >= 15 is 0 Å². The lowest BCUT2D eigenvalue weighted by Gasteiger charge is -2.20. The van der Waals surface area contributed by atoms with Gasteiger partial charge in [0.2, 0.25) is 0 Å². The molecule has 1 N–H and O–H groups in total. The predicted molar refractivity (Wildman–Crippen MR) is 61.2 cm³/mol. The Morgan fingerprint density at radius 1 is 1.32 bits per heavy atom. The highest BCUT2D eigenvalue weighted by molar-refractivity contribution is 5.92. The fourth-order valence-corrected chi connectivity index (χ4v) is 1.42. The zero-order valence-corrected chi connectivity index (χ0v) is 10.2. The zero-order valence-electron chi connectivity index (χ0n) is 10.2. The summed E-state index contributed by atoms with van der Waals surface area (Å²) in [7, 11) is 0. The average molecular weight is 273 g/mol. The molecule has 1 heterocycles. The molecule has 0 aromatic carbocycles. The van der Waals surface area contributed by atoms with Crippen molar-refractivity contribution in [3.05, 3.63) is 23.8 Å². The van der Waals surface area contributed by atoms with E-state index in [1.165, 1.54) is 0 Å². The number of aromatic nitrogens is 2. The summed E-state index contributed by atoms with van der Waals surface area (Å²) < 4.78 is 24.7. The summed E-state index contributed by atoms with van der Waals surface area (Å²) >= 11 is 0. The van der Waals surface area contributed by atoms with Gasteiger partial charge in [-0.1, -0.05) is 6.92 Å². The molecule has 0 unspecified atom stereocenters. The Balaban J connectivity index is 2.86. The van der Waals surface area contributed by atoms with E-state index in [1.807, 2.05) is 0 Å². The molecule has 0 saturated carbocycles. The summed E-state index contributed by atoms with van der Waals surface area (Å²) in [5, 5.41) is 8.63. The fraction of sp³-hybridized carbons (Fsp3) is 0.455. The molecule has 0 aliphatic rings. The summed E-state index contributed by atoms with van der Waals surface area (Å²) in [6.07, 6.45) is -0.220. The Bertz CT molecular complexity index is 451. The van der Waals surface area contributed by atoms with Crippen LogP contribution in [0.1, 0.15) is 34.3 Å². The van der Waals surface area contributed by atoms with E-state index in [-0.39, 0.29) is 17.9 Å². The van der Waals surface area contributed by atoms with Gasteiger partial charge in [-0.25, -0.2) is 23.5 Å². The number of amides is 1. The summed E-state index contributed by atoms with van der Waals surface area (Å²) in [6, 6.07) is 0. The van der Waals surface area contributed by atoms with Crippen molar-refractivity contribution in [3.63, 3.8) is 0 Å². The maximum atomic E-state index is 12.3. The van der Waals surface area contributed by atoms with Gasteiger partial charge < -0.3 is 10.0 Å². The first-order valence-electron chi connectivity index (χ1n) is 5.58. The van der Waals surface area contributed by atoms with Crippen molar-refractivity contribution < 1.29 is 23.5 Å². The predicted octanol–water partition coefficient (Wildman–Crippen LogP) is 1.29. The first-order chi connectivity index (χ1) is 8.95. The molecule has 0 aliphatic heterocycles. The number of hydrogen-bond donors (Lipinski definition) is 1. The molecular weight excluding hydrogens is 260 g/mol. The van der Waals surface area contributed by atoms with Gasteiger partial charge in [0.25, 0.3) is 12.3 Å². The van der Waals surface area contributed by atoms with Gasteiger partial charge in [-0.2, -0.15) is 0 Å². The molecule has 0 aliphatic carbocycles. The maximum Gasteiger partial charge on any atom is 0.356 e. The molecule has 6 nitrogen and oxygen atoms in total. The molecule has 0 bridgehead atoms. The van der Waals surface area contributed by atoms with Crippen LogP contribution in [0.2, 0.25) is 0 Å². The van der Waals surface area contributed by atoms with Gasteiger partial charge in [0, 0.05) is 6.54 Å². The normalized spacial score (nSPS) is 10.5. The molecule has 19 heavy (non-hydrogen) atoms. The van der Waals surface area contributed by atoms with Crippen LogP contribution in [0.3, 0.4) is 0 Å². The van der Waals surface area contributed by atoms with E-state index in [9.17, 15) is 18.4 Å². The number of rotatable bonds is 6. The maximum absolute atomic E-state index is 12.3. The van der Waals surface area contributed by atoms with Crippen molar-refractivity contribution in [2.75, 3.05) is 13.1 Å². The number of halogens is 2. The molecule has 1 amide bonds. The van der Waals surface area contributed by atoms with Crippen molar-refractivity contribution in [1.82, 2.24) is 14.9 Å². The highest BCUT2D eigenvalue weighted by Gasteiger charge is 2.20. The van der Waals surface area contributed by atoms with Gasteiger partial charge in [0.05, 0.1) is 18.9 Å². The van der Waals surface area contributed by atoms with Crippen LogP contribution in [0.15, 0.2) is 12.4 Å². The lowest BCUT2D eigenvalue weighted by Crippen LogP contribution is -2.36. The van der Waals surface area contributed by atoms with Crippen LogP contribution in [0.25, 0.3) is 0 Å². The molecule has 0 atom stereocenters. The summed E-state index contributed by atoms with van der Waals surface area (Å²) in [5.41, 5.74) is -0.466. The number of carbonyl (C=O) groups is 2. The van der Waals surface area contributed by atoms with E-state index in [2.05, 4.69) is 9.97 Å². The average Bonchev–Trinajstić information content (AvgIpc) is 2.37. The van der Waals surface area contributed by atoms with Crippen molar-refractivity contribution in [2.24, 2.45) is 0 Å². The van der Waals surface area contributed by atoms with Crippen LogP contribution >= 0.6 is 0 Å². The smallest absolute Gasteiger partial charge is 0.356 e. The van der Waals surface area contributed by atoms with E-state index in [0.717, 1.165) is 17.3 Å². The van der Waals surface area contributed by atoms with Gasteiger partial charge in [-0.3, -0.25) is 4.79 Å². The molecule has 0 spiro atoms. The monoisotopic (exact) mass is 273 g/mol. The quantitative estimate of drug-likeness (QED) is 0.844. The lowest BCUT2D eigenvalue weighted by molar-refractivity contribution is 0.0549. The second-order valence-electron chi connectivity index (χ2n) is 3.73. The first-order valence-corrected chi connectivity index (χ1v) is 5.58. The van der Waals surface area contributed by atoms with Gasteiger partial charge >= 0.3 is 5.97 Å². The largest absolute Gasteiger partial charge is 0.476 e. The van der Waals surface area contributed by atoms with Crippen molar-refractivity contribution in [2.45, 2.75) is 19.8 Å². The minimum absolute atomic E-state index is 0.154. The Hall–Kier alpha value is -2.12. The third-order valence-electron chi connectivity index (χ3n) is 2.23. The van der Waals surface area contributed by atoms with Gasteiger partial charge in [0.1, 0.15) is 5.69 Å². The topological polar surface area (TPSA) is 83.4 Å². The van der Waals surface area contributed by atoms with E-state index < -0.39 is 24.8 Å². The van der Waals surface area contributed by atoms with Gasteiger partial charge in [-0.05, 0) is 6.42 Å². The zero-order chi connectivity index (χ0) is 14.4. The second kappa shape index (κ2) is 6.72. The number of carboxylic acid groups (broad SMARTS) is 1. The Morgan fingerprint density at radius 3 is 2.32 bits per heavy atom. The van der Waals surface area contributed by atoms with Crippen LogP contribution in [0.5, 0.6) is 0 Å². The van der Waals surface area contributed by atoms with Crippen LogP contribution in [0.4, 0.5) is 8.78 Å². The summed E-state index contributed by atoms with van der Waals surface area (Å²) in [6.45, 7) is 1.24. The van der Waals surface area contributed by atoms with Crippen LogP contribution in [-0.4, -0.2) is 51.4 Å². The van der Waals surface area contributed by atoms with Gasteiger partial charge in [-0.15, -0.1) is 0 Å². The molecule has 1 rings (SSSR count). The van der Waals surface area contributed by atoms with Crippen LogP contribution in [-0.2, 0) is 0 Å². The third-order valence-corrected chi connectivity index (χ3v) is 2.23.